The van der Waals surface area contributed by atoms with Gasteiger partial charge in [0, 0.05) is 5.75 Å². The molecule has 2 fully saturated rings. The van der Waals surface area contributed by atoms with Gasteiger partial charge in [-0.3, -0.25) is 4.48 Å². The van der Waals surface area contributed by atoms with E-state index in [0.717, 1.165) is 30.4 Å². The Balaban J connectivity index is 1.85. The van der Waals surface area contributed by atoms with E-state index in [9.17, 15) is 13.0 Å². The van der Waals surface area contributed by atoms with Crippen LogP contribution in [0.2, 0.25) is 0 Å². The lowest BCUT2D eigenvalue weighted by Gasteiger charge is -2.41. The van der Waals surface area contributed by atoms with Gasteiger partial charge in [0.15, 0.2) is 6.04 Å². The molecule has 1 heterocycles. The third-order valence-electron chi connectivity index (χ3n) is 5.12. The zero-order valence-corrected chi connectivity index (χ0v) is 15.2. The summed E-state index contributed by atoms with van der Waals surface area (Å²) in [6, 6.07) is 3.70. The summed E-state index contributed by atoms with van der Waals surface area (Å²) in [6.07, 6.45) is 8.94. The molecular formula is C16H30N3O3S+. The van der Waals surface area contributed by atoms with Crippen LogP contribution in [0.15, 0.2) is 4.99 Å². The molecule has 0 bridgehead atoms. The molecule has 2 aliphatic rings. The topological polar surface area (TPSA) is 72.6 Å². The third kappa shape index (κ3) is 5.99. The van der Waals surface area contributed by atoms with Crippen molar-refractivity contribution in [3.05, 3.63) is 0 Å². The second kappa shape index (κ2) is 7.88. The molecule has 0 aromatic carbocycles. The molecule has 1 aliphatic carbocycles. The number of aliphatic imine (C=N–C) groups is 1. The Morgan fingerprint density at radius 2 is 1.87 bits per heavy atom. The van der Waals surface area contributed by atoms with Crippen LogP contribution in [0.25, 0.3) is 0 Å². The normalized spacial score (nSPS) is 23.3. The smallest absolute Gasteiger partial charge is 0.311 e. The van der Waals surface area contributed by atoms with Gasteiger partial charge in [0.05, 0.1) is 37.2 Å². The highest BCUT2D eigenvalue weighted by Gasteiger charge is 2.41. The molecule has 6 nitrogen and oxygen atoms in total. The van der Waals surface area contributed by atoms with E-state index in [1.165, 1.54) is 32.1 Å². The van der Waals surface area contributed by atoms with Crippen molar-refractivity contribution in [2.24, 2.45) is 4.99 Å². The lowest BCUT2D eigenvalue weighted by molar-refractivity contribution is -1.02. The maximum Gasteiger partial charge on any atom is 0.311 e. The van der Waals surface area contributed by atoms with Crippen molar-refractivity contribution in [3.8, 4) is 0 Å². The van der Waals surface area contributed by atoms with Crippen LogP contribution in [0.5, 0.6) is 0 Å². The standard InChI is InChI=1S/C16H30N3O3S/c1-19(2,12-6-7-13-23(20,21)22)16-10-11-18(16)14-17-15-8-4-3-5-9-15/h15-16H,3-13H2,1-2H3/q+1. The maximum absolute atomic E-state index is 10.7. The molecular weight excluding hydrogens is 314 g/mol. The second-order valence-corrected chi connectivity index (χ2v) is 8.98. The molecule has 2 rings (SSSR count). The highest BCUT2D eigenvalue weighted by Crippen LogP contribution is 2.22. The van der Waals surface area contributed by atoms with Gasteiger partial charge in [-0.05, 0) is 43.5 Å². The summed E-state index contributed by atoms with van der Waals surface area (Å²) in [5.74, 6) is -0.253. The van der Waals surface area contributed by atoms with Crippen molar-refractivity contribution in [1.82, 2.24) is 0 Å². The summed E-state index contributed by atoms with van der Waals surface area (Å²) in [5, 5.41) is 0. The number of unbranched alkanes of at least 4 members (excludes halogenated alkanes) is 1. The van der Waals surface area contributed by atoms with Gasteiger partial charge in [0.2, 0.25) is 6.17 Å². The third-order valence-corrected chi connectivity index (χ3v) is 5.91. The molecule has 1 atom stereocenters. The van der Waals surface area contributed by atoms with Gasteiger partial charge in [-0.15, -0.1) is 0 Å². The molecule has 23 heavy (non-hydrogen) atoms. The average molecular weight is 345 g/mol. The molecule has 1 saturated carbocycles. The zero-order valence-electron chi connectivity index (χ0n) is 14.4. The number of hydrogen-bond acceptors (Lipinski definition) is 4. The number of quaternary nitrogens is 1. The summed E-state index contributed by atoms with van der Waals surface area (Å²) < 4.78 is 35.0. The van der Waals surface area contributed by atoms with Gasteiger partial charge < -0.3 is 4.55 Å². The van der Waals surface area contributed by atoms with Gasteiger partial charge in [-0.1, -0.05) is 6.42 Å². The van der Waals surface area contributed by atoms with Gasteiger partial charge in [0.25, 0.3) is 0 Å². The highest BCUT2D eigenvalue weighted by molar-refractivity contribution is 7.85. The quantitative estimate of drug-likeness (QED) is 0.232. The minimum Gasteiger partial charge on any atom is -0.748 e. The van der Waals surface area contributed by atoms with E-state index < -0.39 is 10.1 Å². The lowest BCUT2D eigenvalue weighted by atomic mass is 9.96. The van der Waals surface area contributed by atoms with Crippen LogP contribution in [0.1, 0.15) is 51.4 Å². The van der Waals surface area contributed by atoms with Crippen LogP contribution in [-0.2, 0) is 10.1 Å². The van der Waals surface area contributed by atoms with Crippen molar-refractivity contribution >= 4 is 16.1 Å². The average Bonchev–Trinajstić information content (AvgIpc) is 2.42. The highest BCUT2D eigenvalue weighted by atomic mass is 32.2. The van der Waals surface area contributed by atoms with E-state index in [1.807, 2.05) is 0 Å². The SMILES string of the molecule is C[N+](C)(CCCCS(=O)(=O)[O-])C1CC[N+]1=C=NC1CCCCC1. The fraction of sp³-hybridized carbons (Fsp3) is 0.938. The van der Waals surface area contributed by atoms with Crippen LogP contribution in [-0.4, -0.2) is 73.2 Å². The van der Waals surface area contributed by atoms with E-state index in [-0.39, 0.29) is 5.75 Å². The maximum atomic E-state index is 10.7. The molecule has 1 aliphatic heterocycles. The molecule has 0 aromatic rings. The number of nitrogens with zero attached hydrogens (tertiary/aromatic N) is 3. The summed E-state index contributed by atoms with van der Waals surface area (Å²) in [6.45, 7) is 1.86. The molecule has 0 spiro atoms. The van der Waals surface area contributed by atoms with Crippen molar-refractivity contribution < 1.29 is 22.0 Å². The Hall–Kier alpha value is -0.750. The van der Waals surface area contributed by atoms with Crippen LogP contribution in [0.3, 0.4) is 0 Å². The largest absolute Gasteiger partial charge is 0.748 e. The van der Waals surface area contributed by atoms with Gasteiger partial charge in [0.1, 0.15) is 6.54 Å². The van der Waals surface area contributed by atoms with Gasteiger partial charge in [-0.25, -0.2) is 8.42 Å². The number of hydrogen-bond donors (Lipinski definition) is 0. The summed E-state index contributed by atoms with van der Waals surface area (Å²) in [5.41, 5.74) is 0. The van der Waals surface area contributed by atoms with Crippen LogP contribution in [0.4, 0.5) is 0 Å². The first kappa shape index (κ1) is 18.6. The molecule has 7 heteroatoms. The van der Waals surface area contributed by atoms with Crippen molar-refractivity contribution in [3.63, 3.8) is 0 Å². The molecule has 0 amide bonds. The van der Waals surface area contributed by atoms with Crippen molar-refractivity contribution in [2.75, 3.05) is 32.9 Å². The number of rotatable bonds is 7. The minimum absolute atomic E-state index is 0.253. The van der Waals surface area contributed by atoms with Gasteiger partial charge in [-0.2, -0.15) is 4.58 Å². The predicted octanol–water partition coefficient (Wildman–Crippen LogP) is 1.64. The Bertz CT molecular complexity index is 559. The molecule has 1 unspecified atom stereocenters. The fourth-order valence-corrected chi connectivity index (χ4v) is 4.09. The lowest BCUT2D eigenvalue weighted by Crippen LogP contribution is -2.61. The first-order chi connectivity index (χ1) is 10.8. The van der Waals surface area contributed by atoms with E-state index in [1.54, 1.807) is 0 Å². The van der Waals surface area contributed by atoms with Crippen LogP contribution in [0, 0.1) is 0 Å². The first-order valence-corrected chi connectivity index (χ1v) is 10.3. The minimum atomic E-state index is -4.08. The van der Waals surface area contributed by atoms with Crippen LogP contribution < -0.4 is 0 Å². The molecule has 132 valence electrons. The second-order valence-electron chi connectivity index (χ2n) is 7.45. The Kier molecular flexibility index (Phi) is 6.37. The van der Waals surface area contributed by atoms with Gasteiger partial charge >= 0.3 is 6.01 Å². The molecule has 0 N–H and O–H groups in total. The summed E-state index contributed by atoms with van der Waals surface area (Å²) in [7, 11) is 0.235. The molecule has 0 aromatic heterocycles. The van der Waals surface area contributed by atoms with E-state index in [0.29, 0.717) is 18.6 Å². The van der Waals surface area contributed by atoms with E-state index in [2.05, 4.69) is 29.7 Å². The van der Waals surface area contributed by atoms with Crippen LogP contribution >= 0.6 is 0 Å². The van der Waals surface area contributed by atoms with E-state index in [4.69, 9.17) is 0 Å². The summed E-state index contributed by atoms with van der Waals surface area (Å²) in [4.78, 5) is 4.64. The van der Waals surface area contributed by atoms with Crippen molar-refractivity contribution in [1.29, 1.82) is 0 Å². The van der Waals surface area contributed by atoms with Crippen molar-refractivity contribution in [2.45, 2.75) is 63.6 Å². The monoisotopic (exact) mass is 344 g/mol. The van der Waals surface area contributed by atoms with E-state index >= 15 is 0 Å². The predicted molar refractivity (Wildman–Crippen MR) is 88.6 cm³/mol. The Morgan fingerprint density at radius 1 is 1.17 bits per heavy atom. The molecule has 1 saturated heterocycles. The first-order valence-electron chi connectivity index (χ1n) is 8.76. The summed E-state index contributed by atoms with van der Waals surface area (Å²) >= 11 is 0. The Morgan fingerprint density at radius 3 is 2.43 bits per heavy atom. The zero-order chi connectivity index (χ0) is 16.9. The Labute approximate surface area is 140 Å². The molecule has 0 radical (unpaired) electrons. The fourth-order valence-electron chi connectivity index (χ4n) is 3.53.